The third-order valence-corrected chi connectivity index (χ3v) is 6.58. The Balaban J connectivity index is 2.39. The van der Waals surface area contributed by atoms with Crippen molar-refractivity contribution < 1.29 is 13.5 Å². The molecule has 0 bridgehead atoms. The van der Waals surface area contributed by atoms with Crippen molar-refractivity contribution in [1.82, 2.24) is 4.72 Å². The highest BCUT2D eigenvalue weighted by molar-refractivity contribution is 7.90. The van der Waals surface area contributed by atoms with Gasteiger partial charge >= 0.3 is 0 Å². The van der Waals surface area contributed by atoms with E-state index in [1.165, 1.54) is 11.3 Å². The number of benzene rings is 1. The Morgan fingerprint density at radius 2 is 1.90 bits per heavy atom. The Bertz CT molecular complexity index is 703. The van der Waals surface area contributed by atoms with Gasteiger partial charge in [-0.25, -0.2) is 13.1 Å². The summed E-state index contributed by atoms with van der Waals surface area (Å²) in [6.45, 7) is 4.29. The van der Waals surface area contributed by atoms with Gasteiger partial charge in [-0.1, -0.05) is 44.9 Å². The van der Waals surface area contributed by atoms with Crippen LogP contribution in [0.4, 0.5) is 0 Å². The van der Waals surface area contributed by atoms with Gasteiger partial charge in [0.25, 0.3) is 0 Å². The van der Waals surface area contributed by atoms with E-state index < -0.39 is 10.0 Å². The maximum atomic E-state index is 12.6. The number of rotatable bonds is 7. The second kappa shape index (κ2) is 6.87. The van der Waals surface area contributed by atoms with E-state index in [2.05, 4.69) is 18.6 Å². The molecule has 0 aliphatic heterocycles. The molecule has 0 spiro atoms. The minimum Gasteiger partial charge on any atom is -0.391 e. The fraction of sp³-hybridized carbons (Fsp3) is 0.467. The molecule has 0 fully saturated rings. The van der Waals surface area contributed by atoms with Gasteiger partial charge in [-0.2, -0.15) is 0 Å². The van der Waals surface area contributed by atoms with Gasteiger partial charge in [0, 0.05) is 16.6 Å². The molecule has 0 saturated carbocycles. The van der Waals surface area contributed by atoms with Crippen molar-refractivity contribution >= 4 is 31.4 Å². The van der Waals surface area contributed by atoms with E-state index in [4.69, 9.17) is 0 Å². The normalized spacial score (nSPS) is 12.4. The molecule has 0 radical (unpaired) electrons. The average Bonchev–Trinajstić information content (AvgIpc) is 2.87. The summed E-state index contributed by atoms with van der Waals surface area (Å²) in [6, 6.07) is 7.35. The molecule has 1 aromatic heterocycles. The number of hydrogen-bond donors (Lipinski definition) is 2. The highest BCUT2D eigenvalue weighted by atomic mass is 32.2. The fourth-order valence-electron chi connectivity index (χ4n) is 2.35. The highest BCUT2D eigenvalue weighted by Gasteiger charge is 2.24. The lowest BCUT2D eigenvalue weighted by Crippen LogP contribution is -2.29. The molecular weight excluding hydrogens is 306 g/mol. The molecular formula is C15H21NO3S2. The summed E-state index contributed by atoms with van der Waals surface area (Å²) < 4.78 is 28.8. The van der Waals surface area contributed by atoms with E-state index in [1.807, 2.05) is 18.2 Å². The van der Waals surface area contributed by atoms with Crippen LogP contribution in [0.3, 0.4) is 0 Å². The fourth-order valence-corrected chi connectivity index (χ4v) is 5.26. The molecule has 2 N–H and O–H groups in total. The van der Waals surface area contributed by atoms with Crippen LogP contribution >= 0.6 is 11.3 Å². The van der Waals surface area contributed by atoms with Crippen LogP contribution in [0.2, 0.25) is 0 Å². The zero-order valence-corrected chi connectivity index (χ0v) is 13.9. The zero-order chi connectivity index (χ0) is 15.5. The van der Waals surface area contributed by atoms with Crippen LogP contribution in [0, 0.1) is 5.92 Å². The van der Waals surface area contributed by atoms with Gasteiger partial charge in [0.05, 0.1) is 11.5 Å². The van der Waals surface area contributed by atoms with E-state index in [9.17, 15) is 13.5 Å². The molecule has 0 atom stereocenters. The Labute approximate surface area is 129 Å². The van der Waals surface area contributed by atoms with E-state index in [0.717, 1.165) is 17.5 Å². The topological polar surface area (TPSA) is 66.4 Å². The molecule has 1 heterocycles. The van der Waals surface area contributed by atoms with E-state index in [0.29, 0.717) is 22.7 Å². The van der Waals surface area contributed by atoms with Crippen LogP contribution in [-0.4, -0.2) is 20.1 Å². The van der Waals surface area contributed by atoms with Crippen molar-refractivity contribution in [3.05, 3.63) is 29.1 Å². The summed E-state index contributed by atoms with van der Waals surface area (Å²) in [5.41, 5.74) is 0. The monoisotopic (exact) mass is 327 g/mol. The van der Waals surface area contributed by atoms with Crippen molar-refractivity contribution in [1.29, 1.82) is 0 Å². The molecule has 0 amide bonds. The molecule has 0 unspecified atom stereocenters. The maximum absolute atomic E-state index is 12.6. The summed E-state index contributed by atoms with van der Waals surface area (Å²) in [7, 11) is -3.60. The Hall–Kier alpha value is -0.950. The van der Waals surface area contributed by atoms with Crippen molar-refractivity contribution in [3.8, 4) is 0 Å². The minimum atomic E-state index is -3.60. The zero-order valence-electron chi connectivity index (χ0n) is 12.3. The van der Waals surface area contributed by atoms with Gasteiger partial charge in [0.1, 0.15) is 4.90 Å². The predicted molar refractivity (Wildman–Crippen MR) is 87.0 cm³/mol. The molecule has 1 aromatic carbocycles. The van der Waals surface area contributed by atoms with Crippen LogP contribution in [0.15, 0.2) is 29.2 Å². The average molecular weight is 327 g/mol. The Morgan fingerprint density at radius 3 is 2.52 bits per heavy atom. The van der Waals surface area contributed by atoms with Crippen LogP contribution < -0.4 is 4.72 Å². The van der Waals surface area contributed by atoms with E-state index in [1.54, 1.807) is 6.07 Å². The summed E-state index contributed by atoms with van der Waals surface area (Å²) in [5.74, 6) is 0.335. The standard InChI is InChI=1S/C15H21NO3S2/c1-3-11(4-2)9-16-21(18,19)15-12-7-5-6-8-13(12)20-14(15)10-17/h5-8,11,16-17H,3-4,9-10H2,1-2H3. The quantitative estimate of drug-likeness (QED) is 0.821. The molecule has 0 aliphatic carbocycles. The first-order chi connectivity index (χ1) is 10.0. The lowest BCUT2D eigenvalue weighted by molar-refractivity contribution is 0.283. The molecule has 2 aromatic rings. The predicted octanol–water partition coefficient (Wildman–Crippen LogP) is 3.11. The summed E-state index contributed by atoms with van der Waals surface area (Å²) >= 11 is 1.33. The number of thiophene rings is 1. The third-order valence-electron chi connectivity index (χ3n) is 3.75. The number of hydrogen-bond acceptors (Lipinski definition) is 4. The van der Waals surface area contributed by atoms with Gasteiger partial charge in [0.15, 0.2) is 0 Å². The number of aliphatic hydroxyl groups is 1. The Kier molecular flexibility index (Phi) is 5.37. The van der Waals surface area contributed by atoms with Gasteiger partial charge in [-0.3, -0.25) is 0 Å². The minimum absolute atomic E-state index is 0.233. The van der Waals surface area contributed by atoms with Crippen LogP contribution in [0.25, 0.3) is 10.1 Å². The summed E-state index contributed by atoms with van der Waals surface area (Å²) in [5, 5.41) is 10.2. The SMILES string of the molecule is CCC(CC)CNS(=O)(=O)c1c(CO)sc2ccccc12. The van der Waals surface area contributed by atoms with E-state index >= 15 is 0 Å². The van der Waals surface area contributed by atoms with Crippen LogP contribution in [0.1, 0.15) is 31.6 Å². The number of aliphatic hydroxyl groups excluding tert-OH is 1. The lowest BCUT2D eigenvalue weighted by Gasteiger charge is -2.14. The molecule has 116 valence electrons. The second-order valence-corrected chi connectivity index (χ2v) is 7.88. The first kappa shape index (κ1) is 16.4. The van der Waals surface area contributed by atoms with Crippen molar-refractivity contribution in [3.63, 3.8) is 0 Å². The van der Waals surface area contributed by atoms with Gasteiger partial charge in [-0.05, 0) is 12.0 Å². The Morgan fingerprint density at radius 1 is 1.24 bits per heavy atom. The van der Waals surface area contributed by atoms with Crippen LogP contribution in [-0.2, 0) is 16.6 Å². The number of sulfonamides is 1. The molecule has 21 heavy (non-hydrogen) atoms. The van der Waals surface area contributed by atoms with Crippen molar-refractivity contribution in [2.45, 2.75) is 38.2 Å². The number of fused-ring (bicyclic) bond motifs is 1. The lowest BCUT2D eigenvalue weighted by atomic mass is 10.0. The van der Waals surface area contributed by atoms with Crippen LogP contribution in [0.5, 0.6) is 0 Å². The van der Waals surface area contributed by atoms with Crippen molar-refractivity contribution in [2.24, 2.45) is 5.92 Å². The molecule has 4 nitrogen and oxygen atoms in total. The first-order valence-corrected chi connectivity index (χ1v) is 9.44. The van der Waals surface area contributed by atoms with Gasteiger partial charge < -0.3 is 5.11 Å². The second-order valence-electron chi connectivity index (χ2n) is 5.04. The summed E-state index contributed by atoms with van der Waals surface area (Å²) in [6.07, 6.45) is 1.88. The largest absolute Gasteiger partial charge is 0.391 e. The molecule has 0 saturated heterocycles. The van der Waals surface area contributed by atoms with Gasteiger partial charge in [0.2, 0.25) is 10.0 Å². The van der Waals surface area contributed by atoms with Crippen molar-refractivity contribution in [2.75, 3.05) is 6.54 Å². The molecule has 6 heteroatoms. The van der Waals surface area contributed by atoms with E-state index in [-0.39, 0.29) is 11.5 Å². The third kappa shape index (κ3) is 3.45. The molecule has 0 aliphatic rings. The first-order valence-electron chi connectivity index (χ1n) is 7.14. The highest BCUT2D eigenvalue weighted by Crippen LogP contribution is 2.34. The molecule has 2 rings (SSSR count). The summed E-state index contributed by atoms with van der Waals surface area (Å²) in [4.78, 5) is 0.727. The smallest absolute Gasteiger partial charge is 0.242 e. The maximum Gasteiger partial charge on any atom is 0.242 e. The number of nitrogens with one attached hydrogen (secondary N) is 1. The van der Waals surface area contributed by atoms with Gasteiger partial charge in [-0.15, -0.1) is 11.3 Å².